The minimum atomic E-state index is -4.51. The van der Waals surface area contributed by atoms with Crippen molar-refractivity contribution >= 4 is 34.1 Å². The molecule has 13 heteroatoms. The average molecular weight is 670 g/mol. The van der Waals surface area contributed by atoms with Gasteiger partial charge >= 0.3 is 12.1 Å². The molecule has 9 nitrogen and oxygen atoms in total. The summed E-state index contributed by atoms with van der Waals surface area (Å²) in [6.07, 6.45) is -1.28. The monoisotopic (exact) mass is 669 g/mol. The number of methoxy groups -OCH3 is 1. The highest BCUT2D eigenvalue weighted by molar-refractivity contribution is 7.09. The summed E-state index contributed by atoms with van der Waals surface area (Å²) in [5.74, 6) is -0.588. The molecule has 1 saturated heterocycles. The molecule has 3 aromatic heterocycles. The molecule has 0 spiro atoms. The van der Waals surface area contributed by atoms with E-state index in [0.717, 1.165) is 10.6 Å². The van der Waals surface area contributed by atoms with E-state index in [1.54, 1.807) is 30.5 Å². The van der Waals surface area contributed by atoms with Crippen LogP contribution in [0.25, 0.3) is 33.4 Å². The standard InChI is InChI=1S/C34H38F3N5O4S/c1-20(45-4)30-22(7-5-13-38-30)31-24-16-33(2,3)19-46-32(44)25-8-6-14-42(40-25)29(43)12-11-28-39-26(17-47-28)21-9-10-27(23(24)15-21)41(31)18-34(35,36)37/h5,7,9-10,13,15,17,20,25,40H,6,8,11-12,14,16,18-19H2,1-4H3. The van der Waals surface area contributed by atoms with Gasteiger partial charge in [0.2, 0.25) is 5.91 Å². The lowest BCUT2D eigenvalue weighted by molar-refractivity contribution is -0.154. The van der Waals surface area contributed by atoms with E-state index in [-0.39, 0.29) is 18.9 Å². The van der Waals surface area contributed by atoms with Crippen LogP contribution in [0, 0.1) is 5.41 Å². The molecular formula is C34H38F3N5O4S. The van der Waals surface area contributed by atoms with Crippen molar-refractivity contribution < 1.29 is 32.2 Å². The number of carbonyl (C=O) groups is 2. The number of rotatable bonds is 4. The summed E-state index contributed by atoms with van der Waals surface area (Å²) >= 11 is 1.44. The number of esters is 1. The smallest absolute Gasteiger partial charge is 0.406 e. The van der Waals surface area contributed by atoms with Gasteiger partial charge in [0.25, 0.3) is 0 Å². The zero-order valence-corrected chi connectivity index (χ0v) is 27.6. The van der Waals surface area contributed by atoms with Crippen LogP contribution >= 0.6 is 11.3 Å². The first-order chi connectivity index (χ1) is 22.3. The number of aryl methyl sites for hydroxylation is 1. The summed E-state index contributed by atoms with van der Waals surface area (Å²) in [5, 5.41) is 4.83. The summed E-state index contributed by atoms with van der Waals surface area (Å²) in [6, 6.07) is 8.22. The predicted octanol–water partition coefficient (Wildman–Crippen LogP) is 6.65. The SMILES string of the molecule is COC(C)c1ncccc1-c1c2c3cc(ccc3n1CC(F)(F)F)-c1csc(n1)CCC(=O)N1CCCC(N1)C(=O)OCC(C)(C)C2. The molecule has 1 aromatic carbocycles. The molecule has 2 atom stereocenters. The highest BCUT2D eigenvalue weighted by Crippen LogP contribution is 2.43. The summed E-state index contributed by atoms with van der Waals surface area (Å²) in [5.41, 5.74) is 6.38. The summed E-state index contributed by atoms with van der Waals surface area (Å²) in [6.45, 7) is 4.98. The molecule has 2 aliphatic heterocycles. The van der Waals surface area contributed by atoms with Crippen molar-refractivity contribution in [3.63, 3.8) is 0 Å². The predicted molar refractivity (Wildman–Crippen MR) is 172 cm³/mol. The van der Waals surface area contributed by atoms with Crippen molar-refractivity contribution in [2.24, 2.45) is 5.41 Å². The zero-order chi connectivity index (χ0) is 33.5. The van der Waals surface area contributed by atoms with Crippen molar-refractivity contribution in [3.8, 4) is 22.5 Å². The van der Waals surface area contributed by atoms with Crippen LogP contribution in [0.5, 0.6) is 0 Å². The fourth-order valence-corrected chi connectivity index (χ4v) is 7.22. The summed E-state index contributed by atoms with van der Waals surface area (Å²) in [7, 11) is 1.54. The van der Waals surface area contributed by atoms with Crippen LogP contribution in [-0.2, 0) is 38.4 Å². The Morgan fingerprint density at radius 1 is 1.21 bits per heavy atom. The third-order valence-corrected chi connectivity index (χ3v) is 9.68. The van der Waals surface area contributed by atoms with Crippen LogP contribution in [0.4, 0.5) is 13.2 Å². The average Bonchev–Trinajstić information content (AvgIpc) is 3.63. The maximum atomic E-state index is 14.3. The first-order valence-corrected chi connectivity index (χ1v) is 16.6. The quantitative estimate of drug-likeness (QED) is 0.243. The topological polar surface area (TPSA) is 98.6 Å². The van der Waals surface area contributed by atoms with E-state index < -0.39 is 36.3 Å². The Morgan fingerprint density at radius 3 is 2.79 bits per heavy atom. The number of aromatic nitrogens is 3. The molecule has 1 N–H and O–H groups in total. The van der Waals surface area contributed by atoms with Crippen molar-refractivity contribution in [2.45, 2.75) is 77.7 Å². The molecule has 0 radical (unpaired) electrons. The number of cyclic esters (lactones) is 1. The van der Waals surface area contributed by atoms with Crippen molar-refractivity contribution in [2.75, 3.05) is 20.3 Å². The van der Waals surface area contributed by atoms with Gasteiger partial charge in [-0.25, -0.2) is 10.4 Å². The molecule has 0 saturated carbocycles. The number of benzene rings is 1. The van der Waals surface area contributed by atoms with Crippen LogP contribution in [0.3, 0.4) is 0 Å². The largest absolute Gasteiger partial charge is 0.464 e. The molecular weight excluding hydrogens is 631 g/mol. The molecule has 250 valence electrons. The van der Waals surface area contributed by atoms with Gasteiger partial charge in [-0.05, 0) is 56.0 Å². The fraction of sp³-hybridized carbons (Fsp3) is 0.471. The van der Waals surface area contributed by atoms with Gasteiger partial charge in [0.1, 0.15) is 12.6 Å². The van der Waals surface area contributed by atoms with Gasteiger partial charge in [-0.3, -0.25) is 19.6 Å². The van der Waals surface area contributed by atoms with Gasteiger partial charge in [0.05, 0.1) is 34.8 Å². The van der Waals surface area contributed by atoms with Crippen LogP contribution < -0.4 is 5.43 Å². The summed E-state index contributed by atoms with van der Waals surface area (Å²) in [4.78, 5) is 35.6. The zero-order valence-electron chi connectivity index (χ0n) is 26.8. The number of nitrogens with one attached hydrogen (secondary N) is 1. The van der Waals surface area contributed by atoms with E-state index in [0.29, 0.717) is 71.3 Å². The van der Waals surface area contributed by atoms with Crippen LogP contribution in [0.15, 0.2) is 41.9 Å². The number of thiazole rings is 1. The van der Waals surface area contributed by atoms with Crippen molar-refractivity contribution in [1.29, 1.82) is 0 Å². The lowest BCUT2D eigenvalue weighted by atomic mass is 9.84. The Hall–Kier alpha value is -3.81. The Balaban J connectivity index is 1.56. The van der Waals surface area contributed by atoms with Crippen LogP contribution in [0.2, 0.25) is 0 Å². The number of ether oxygens (including phenoxy) is 2. The number of amides is 1. The summed E-state index contributed by atoms with van der Waals surface area (Å²) < 4.78 is 55.7. The van der Waals surface area contributed by atoms with E-state index in [9.17, 15) is 22.8 Å². The maximum absolute atomic E-state index is 14.3. The number of carbonyl (C=O) groups excluding carboxylic acids is 2. The maximum Gasteiger partial charge on any atom is 0.406 e. The number of pyridine rings is 1. The number of hydrazine groups is 1. The number of halogens is 3. The second-order valence-electron chi connectivity index (χ2n) is 13.0. The van der Waals surface area contributed by atoms with E-state index >= 15 is 0 Å². The van der Waals surface area contributed by atoms with Gasteiger partial charge in [0, 0.05) is 65.5 Å². The molecule has 6 bridgehead atoms. The highest BCUT2D eigenvalue weighted by atomic mass is 32.1. The molecule has 2 aliphatic rings. The number of fused-ring (bicyclic) bond motifs is 6. The number of alkyl halides is 3. The second kappa shape index (κ2) is 13.0. The molecule has 2 unspecified atom stereocenters. The first kappa shape index (κ1) is 33.1. The van der Waals surface area contributed by atoms with Gasteiger partial charge in [0.15, 0.2) is 0 Å². The van der Waals surface area contributed by atoms with Gasteiger partial charge < -0.3 is 14.0 Å². The van der Waals surface area contributed by atoms with Crippen molar-refractivity contribution in [3.05, 3.63) is 58.2 Å². The number of hydrogen-bond acceptors (Lipinski definition) is 8. The van der Waals surface area contributed by atoms with Gasteiger partial charge in [-0.1, -0.05) is 19.9 Å². The fourth-order valence-electron chi connectivity index (χ4n) is 6.41. The van der Waals surface area contributed by atoms with Crippen LogP contribution in [-0.4, -0.2) is 63.9 Å². The van der Waals surface area contributed by atoms with E-state index in [2.05, 4.69) is 10.4 Å². The highest BCUT2D eigenvalue weighted by Gasteiger charge is 2.36. The molecule has 1 amide bonds. The molecule has 4 aromatic rings. The lowest BCUT2D eigenvalue weighted by Gasteiger charge is -2.33. The third-order valence-electron chi connectivity index (χ3n) is 8.77. The minimum Gasteiger partial charge on any atom is -0.464 e. The lowest BCUT2D eigenvalue weighted by Crippen LogP contribution is -2.55. The second-order valence-corrected chi connectivity index (χ2v) is 14.0. The first-order valence-electron chi connectivity index (χ1n) is 15.7. The Morgan fingerprint density at radius 2 is 2.02 bits per heavy atom. The Bertz CT molecular complexity index is 1800. The van der Waals surface area contributed by atoms with Gasteiger partial charge in [-0.2, -0.15) is 13.2 Å². The van der Waals surface area contributed by atoms with E-state index in [4.69, 9.17) is 14.5 Å². The third kappa shape index (κ3) is 7.07. The molecule has 6 rings (SSSR count). The van der Waals surface area contributed by atoms with E-state index in [1.807, 2.05) is 32.2 Å². The number of nitrogens with zero attached hydrogens (tertiary/aromatic N) is 4. The van der Waals surface area contributed by atoms with Crippen LogP contribution in [0.1, 0.15) is 62.4 Å². The molecule has 0 aliphatic carbocycles. The molecule has 47 heavy (non-hydrogen) atoms. The molecule has 1 fully saturated rings. The molecule has 5 heterocycles. The van der Waals surface area contributed by atoms with Crippen molar-refractivity contribution in [1.82, 2.24) is 25.0 Å². The van der Waals surface area contributed by atoms with Gasteiger partial charge in [-0.15, -0.1) is 11.3 Å². The normalized spacial score (nSPS) is 19.8. The Kier molecular flexibility index (Phi) is 9.16. The minimum absolute atomic E-state index is 0.0207. The van der Waals surface area contributed by atoms with E-state index in [1.165, 1.54) is 28.0 Å². The Labute approximate surface area is 275 Å². The number of hydrogen-bond donors (Lipinski definition) is 1.